The normalized spacial score (nSPS) is 24.9. The highest BCUT2D eigenvalue weighted by atomic mass is 16.6. The van der Waals surface area contributed by atoms with E-state index in [-0.39, 0.29) is 22.9 Å². The maximum atomic E-state index is 12.5. The lowest BCUT2D eigenvalue weighted by Gasteiger charge is -2.27. The second-order valence-corrected chi connectivity index (χ2v) is 8.17. The second-order valence-electron chi connectivity index (χ2n) is 8.17. The molecule has 1 aromatic carbocycles. The van der Waals surface area contributed by atoms with Gasteiger partial charge in [-0.25, -0.2) is 0 Å². The third-order valence-corrected chi connectivity index (χ3v) is 6.06. The summed E-state index contributed by atoms with van der Waals surface area (Å²) in [4.78, 5) is 24.0. The predicted molar refractivity (Wildman–Crippen MR) is 114 cm³/mol. The van der Waals surface area contributed by atoms with Gasteiger partial charge in [0.25, 0.3) is 0 Å². The van der Waals surface area contributed by atoms with Crippen LogP contribution in [-0.4, -0.2) is 30.1 Å². The summed E-state index contributed by atoms with van der Waals surface area (Å²) < 4.78 is 5.10. The molecule has 3 unspecified atom stereocenters. The molecule has 0 aromatic heterocycles. The highest BCUT2D eigenvalue weighted by Gasteiger charge is 2.31. The molecule has 29 heavy (non-hydrogen) atoms. The molecule has 1 N–H and O–H groups in total. The molecule has 0 heterocycles. The maximum absolute atomic E-state index is 12.5. The number of hydrogen-bond donors (Lipinski definition) is 1. The Morgan fingerprint density at radius 3 is 2.24 bits per heavy atom. The molecule has 0 amide bonds. The van der Waals surface area contributed by atoms with Crippen molar-refractivity contribution in [1.82, 2.24) is 5.32 Å². The van der Waals surface area contributed by atoms with Gasteiger partial charge < -0.3 is 10.1 Å². The predicted octanol–water partition coefficient (Wildman–Crippen LogP) is 4.88. The van der Waals surface area contributed by atoms with Gasteiger partial charge in [0.2, 0.25) is 6.04 Å². The minimum atomic E-state index is -0.530. The maximum Gasteiger partial charge on any atom is 0.310 e. The second kappa shape index (κ2) is 13.3. The largest absolute Gasteiger partial charge is 0.469 e. The van der Waals surface area contributed by atoms with Crippen LogP contribution >= 0.6 is 0 Å². The summed E-state index contributed by atoms with van der Waals surface area (Å²) in [5, 5.41) is 15.1. The molecular weight excluding hydrogens is 368 g/mol. The van der Waals surface area contributed by atoms with Crippen molar-refractivity contribution < 1.29 is 14.5 Å². The summed E-state index contributed by atoms with van der Waals surface area (Å²) >= 11 is 0. The van der Waals surface area contributed by atoms with Crippen molar-refractivity contribution in [1.29, 1.82) is 0 Å². The minimum Gasteiger partial charge on any atom is -0.469 e. The van der Waals surface area contributed by atoms with Crippen LogP contribution in [0.1, 0.15) is 76.2 Å². The Bertz CT molecular complexity index is 608. The zero-order chi connectivity index (χ0) is 20.9. The van der Waals surface area contributed by atoms with Crippen LogP contribution in [0.15, 0.2) is 30.3 Å². The molecule has 3 atom stereocenters. The Morgan fingerprint density at radius 1 is 1.00 bits per heavy atom. The number of carbonyl (C=O) groups is 1. The highest BCUT2D eigenvalue weighted by molar-refractivity contribution is 5.73. The SMILES string of the molecule is COC(=O)C1CCCCCCCCCC([N+](=O)[O-])CCC1NCc1ccccc1. The molecule has 0 bridgehead atoms. The summed E-state index contributed by atoms with van der Waals surface area (Å²) in [6.07, 6.45) is 10.1. The lowest BCUT2D eigenvalue weighted by atomic mass is 9.87. The fraction of sp³-hybridized carbons (Fsp3) is 0.696. The fourth-order valence-corrected chi connectivity index (χ4v) is 4.28. The summed E-state index contributed by atoms with van der Waals surface area (Å²) in [6.45, 7) is 0.641. The average molecular weight is 405 g/mol. The first kappa shape index (κ1) is 23.3. The molecule has 0 aliphatic heterocycles. The molecule has 0 saturated heterocycles. The van der Waals surface area contributed by atoms with Gasteiger partial charge in [0.05, 0.1) is 13.0 Å². The van der Waals surface area contributed by atoms with Crippen LogP contribution in [-0.2, 0) is 16.1 Å². The number of nitro groups is 1. The first-order chi connectivity index (χ1) is 14.1. The van der Waals surface area contributed by atoms with Gasteiger partial charge in [-0.15, -0.1) is 0 Å². The molecule has 2 rings (SSSR count). The monoisotopic (exact) mass is 404 g/mol. The van der Waals surface area contributed by atoms with Crippen molar-refractivity contribution in [3.63, 3.8) is 0 Å². The van der Waals surface area contributed by atoms with Gasteiger partial charge in [-0.1, -0.05) is 68.9 Å². The van der Waals surface area contributed by atoms with Crippen molar-refractivity contribution in [3.8, 4) is 0 Å². The van der Waals surface area contributed by atoms with Crippen molar-refractivity contribution in [2.24, 2.45) is 5.92 Å². The summed E-state index contributed by atoms with van der Waals surface area (Å²) in [6, 6.07) is 9.40. The number of ether oxygens (including phenoxy) is 1. The molecule has 1 aliphatic carbocycles. The van der Waals surface area contributed by atoms with Gasteiger partial charge in [-0.05, 0) is 24.8 Å². The van der Waals surface area contributed by atoms with E-state index >= 15 is 0 Å². The van der Waals surface area contributed by atoms with E-state index in [1.807, 2.05) is 30.3 Å². The van der Waals surface area contributed by atoms with E-state index in [9.17, 15) is 14.9 Å². The lowest BCUT2D eigenvalue weighted by molar-refractivity contribution is -0.524. The van der Waals surface area contributed by atoms with Crippen LogP contribution in [0.5, 0.6) is 0 Å². The molecule has 0 spiro atoms. The zero-order valence-electron chi connectivity index (χ0n) is 17.7. The smallest absolute Gasteiger partial charge is 0.310 e. The van der Waals surface area contributed by atoms with Gasteiger partial charge in [0.15, 0.2) is 0 Å². The molecule has 0 radical (unpaired) electrons. The Balaban J connectivity index is 2.12. The Hall–Kier alpha value is -1.95. The van der Waals surface area contributed by atoms with Crippen molar-refractivity contribution in [2.75, 3.05) is 7.11 Å². The van der Waals surface area contributed by atoms with Gasteiger partial charge in [-0.2, -0.15) is 0 Å². The van der Waals surface area contributed by atoms with Crippen LogP contribution in [0.25, 0.3) is 0 Å². The Labute approximate surface area is 174 Å². The van der Waals surface area contributed by atoms with Gasteiger partial charge in [-0.3, -0.25) is 14.9 Å². The van der Waals surface area contributed by atoms with E-state index in [2.05, 4.69) is 5.32 Å². The molecule has 6 heteroatoms. The van der Waals surface area contributed by atoms with E-state index < -0.39 is 6.04 Å². The highest BCUT2D eigenvalue weighted by Crippen LogP contribution is 2.24. The van der Waals surface area contributed by atoms with Crippen LogP contribution in [0.3, 0.4) is 0 Å². The van der Waals surface area contributed by atoms with Crippen LogP contribution in [0, 0.1) is 16.0 Å². The number of benzene rings is 1. The van der Waals surface area contributed by atoms with Gasteiger partial charge in [0.1, 0.15) is 0 Å². The van der Waals surface area contributed by atoms with E-state index in [1.165, 1.54) is 13.5 Å². The zero-order valence-corrected chi connectivity index (χ0v) is 17.7. The number of nitrogens with zero attached hydrogens (tertiary/aromatic N) is 1. The third kappa shape index (κ3) is 8.52. The van der Waals surface area contributed by atoms with Crippen molar-refractivity contribution >= 4 is 5.97 Å². The number of methoxy groups -OCH3 is 1. The van der Waals surface area contributed by atoms with E-state index in [0.717, 1.165) is 50.5 Å². The summed E-state index contributed by atoms with van der Waals surface area (Å²) in [5.74, 6) is -0.473. The molecule has 162 valence electrons. The molecule has 1 saturated carbocycles. The number of rotatable bonds is 5. The van der Waals surface area contributed by atoms with E-state index in [0.29, 0.717) is 25.8 Å². The van der Waals surface area contributed by atoms with Gasteiger partial charge in [0, 0.05) is 30.4 Å². The van der Waals surface area contributed by atoms with Crippen molar-refractivity contribution in [2.45, 2.75) is 89.3 Å². The average Bonchev–Trinajstić information content (AvgIpc) is 2.73. The van der Waals surface area contributed by atoms with Crippen LogP contribution in [0.4, 0.5) is 0 Å². The number of hydrogen-bond acceptors (Lipinski definition) is 5. The first-order valence-corrected chi connectivity index (χ1v) is 11.1. The third-order valence-electron chi connectivity index (χ3n) is 6.06. The minimum absolute atomic E-state index is 0.118. The Morgan fingerprint density at radius 2 is 1.62 bits per heavy atom. The molecule has 6 nitrogen and oxygen atoms in total. The summed E-state index contributed by atoms with van der Waals surface area (Å²) in [5.41, 5.74) is 1.14. The van der Waals surface area contributed by atoms with Crippen molar-refractivity contribution in [3.05, 3.63) is 46.0 Å². The topological polar surface area (TPSA) is 81.5 Å². The fourth-order valence-electron chi connectivity index (χ4n) is 4.28. The van der Waals surface area contributed by atoms with Crippen LogP contribution < -0.4 is 5.32 Å². The molecule has 1 aliphatic rings. The molecule has 1 fully saturated rings. The van der Waals surface area contributed by atoms with E-state index in [4.69, 9.17) is 4.74 Å². The Kier molecular flexibility index (Phi) is 10.7. The van der Waals surface area contributed by atoms with Gasteiger partial charge >= 0.3 is 5.97 Å². The number of carbonyl (C=O) groups excluding carboxylic acids is 1. The molecule has 1 aromatic rings. The number of esters is 1. The molecular formula is C23H36N2O4. The first-order valence-electron chi connectivity index (χ1n) is 11.1. The van der Waals surface area contributed by atoms with E-state index in [1.54, 1.807) is 0 Å². The quantitative estimate of drug-likeness (QED) is 0.429. The summed E-state index contributed by atoms with van der Waals surface area (Å²) in [7, 11) is 1.43. The lowest BCUT2D eigenvalue weighted by Crippen LogP contribution is -2.41. The standard InChI is InChI=1S/C23H36N2O4/c1-29-23(26)21-15-11-6-4-2-3-5-10-14-20(25(27)28)16-17-22(21)24-18-19-12-8-7-9-13-19/h7-9,12-13,20-22,24H,2-6,10-11,14-18H2,1H3. The van der Waals surface area contributed by atoms with Crippen LogP contribution in [0.2, 0.25) is 0 Å². The number of nitrogens with one attached hydrogen (secondary N) is 1.